The first kappa shape index (κ1) is 34.9. The highest BCUT2D eigenvalue weighted by Gasteiger charge is 2.33. The summed E-state index contributed by atoms with van der Waals surface area (Å²) in [5.41, 5.74) is 13.4. The normalized spacial score (nSPS) is 21.7. The maximum Gasteiger partial charge on any atom is 0.131 e. The average Bonchev–Trinajstić information content (AvgIpc) is 3.52. The van der Waals surface area contributed by atoms with Crippen LogP contribution in [0.25, 0.3) is 22.3 Å². The van der Waals surface area contributed by atoms with E-state index in [1.54, 1.807) is 12.1 Å². The Bertz CT molecular complexity index is 2100. The highest BCUT2D eigenvalue weighted by atomic mass is 28.2. The Kier molecular flexibility index (Phi) is 10.2. The molecule has 0 aromatic heterocycles. The molecule has 53 heavy (non-hydrogen) atoms. The predicted octanol–water partition coefficient (Wildman–Crippen LogP) is 13.5. The summed E-state index contributed by atoms with van der Waals surface area (Å²) in [5.74, 6) is 0.407. The minimum Gasteiger partial charge on any atom is -0.206 e. The smallest absolute Gasteiger partial charge is 0.131 e. The molecule has 4 aliphatic carbocycles. The molecule has 0 saturated carbocycles. The molecule has 0 saturated heterocycles. The number of hydrogen-bond donors (Lipinski definition) is 0. The van der Waals surface area contributed by atoms with Gasteiger partial charge in [-0.3, -0.25) is 0 Å². The molecule has 0 fully saturated rings. The molecule has 0 nitrogen and oxygen atoms in total. The lowest BCUT2D eigenvalue weighted by Gasteiger charge is -2.22. The van der Waals surface area contributed by atoms with Crippen LogP contribution in [0.2, 0.25) is 12.1 Å². The van der Waals surface area contributed by atoms with Gasteiger partial charge in [-0.05, 0) is 69.5 Å². The molecule has 4 atom stereocenters. The van der Waals surface area contributed by atoms with Gasteiger partial charge in [-0.1, -0.05) is 183 Å². The van der Waals surface area contributed by atoms with E-state index in [4.69, 9.17) is 0 Å². The Hall–Kier alpha value is -5.12. The van der Waals surface area contributed by atoms with E-state index in [1.807, 2.05) is 72.8 Å². The highest BCUT2D eigenvalue weighted by molar-refractivity contribution is 6.36. The third-order valence-electron chi connectivity index (χ3n) is 11.4. The van der Waals surface area contributed by atoms with Crippen molar-refractivity contribution in [2.45, 2.75) is 50.6 Å². The first-order valence-corrected chi connectivity index (χ1v) is 20.4. The van der Waals surface area contributed by atoms with E-state index < -0.39 is 0 Å². The van der Waals surface area contributed by atoms with Crippen molar-refractivity contribution in [2.75, 3.05) is 0 Å². The molecule has 4 aromatic carbocycles. The molecule has 2 radical (unpaired) electrons. The van der Waals surface area contributed by atoms with Gasteiger partial charge in [0, 0.05) is 44.3 Å². The zero-order chi connectivity index (χ0) is 36.3. The van der Waals surface area contributed by atoms with Crippen molar-refractivity contribution in [1.82, 2.24) is 0 Å². The van der Waals surface area contributed by atoms with Gasteiger partial charge >= 0.3 is 0 Å². The molecule has 0 N–H and O–H groups in total. The number of benzene rings is 4. The standard InChI is InChI=1S/C50H44F2Si/c1-3-33-27-45-39(37-23-25-41(49(51)29-37)35-15-7-5-8-16-35)19-11-13-21-43(45)47(33)31-53-32-48-34(4-2)28-46-40(20-12-14-22-44(46)48)38-24-26-42(50(52)30-38)36-17-9-6-10-18-36/h5-30,39-40,47-48H,3-4,31-32H2,1-2H3. The minimum absolute atomic E-state index is 0.0125. The fraction of sp³-hybridized carbons (Fsp3) is 0.200. The molecular formula is C50H44F2Si. The van der Waals surface area contributed by atoms with Crippen LogP contribution in [-0.2, 0) is 0 Å². The molecule has 4 aromatic rings. The van der Waals surface area contributed by atoms with Crippen molar-refractivity contribution in [2.24, 2.45) is 11.8 Å². The van der Waals surface area contributed by atoms with Crippen LogP contribution < -0.4 is 0 Å². The second-order valence-corrected chi connectivity index (χ2v) is 15.7. The molecule has 262 valence electrons. The SMILES string of the molecule is CCC1=CC2=C(C=CC=CC2c2ccc(-c3ccccc3)c(F)c2)C1C[Si]CC1C(CC)=CC2=C1C=CC=CC2c1ccc(-c2ccccc2)c(F)c1. The minimum atomic E-state index is -0.179. The zero-order valence-electron chi connectivity index (χ0n) is 30.4. The van der Waals surface area contributed by atoms with Crippen molar-refractivity contribution in [3.8, 4) is 22.3 Å². The number of hydrogen-bond acceptors (Lipinski definition) is 0. The van der Waals surface area contributed by atoms with Crippen LogP contribution in [0.4, 0.5) is 8.78 Å². The van der Waals surface area contributed by atoms with Crippen molar-refractivity contribution in [3.05, 3.63) is 214 Å². The van der Waals surface area contributed by atoms with Gasteiger partial charge in [0.25, 0.3) is 0 Å². The summed E-state index contributed by atoms with van der Waals surface area (Å²) in [4.78, 5) is 0. The summed E-state index contributed by atoms with van der Waals surface area (Å²) >= 11 is 0. The van der Waals surface area contributed by atoms with Gasteiger partial charge in [0.05, 0.1) is 0 Å². The lowest BCUT2D eigenvalue weighted by molar-refractivity contribution is 0.628. The summed E-state index contributed by atoms with van der Waals surface area (Å²) in [7, 11) is 0.781. The molecular weight excluding hydrogens is 667 g/mol. The zero-order valence-corrected chi connectivity index (χ0v) is 31.4. The number of halogens is 2. The van der Waals surface area contributed by atoms with Gasteiger partial charge in [-0.15, -0.1) is 0 Å². The molecule has 8 rings (SSSR count). The van der Waals surface area contributed by atoms with Gasteiger partial charge in [0.1, 0.15) is 11.6 Å². The molecule has 3 heteroatoms. The molecule has 0 bridgehead atoms. The summed E-state index contributed by atoms with van der Waals surface area (Å²) in [6.45, 7) is 4.53. The van der Waals surface area contributed by atoms with Crippen LogP contribution in [0, 0.1) is 23.5 Å². The van der Waals surface area contributed by atoms with Gasteiger partial charge in [-0.25, -0.2) is 8.78 Å². The summed E-state index contributed by atoms with van der Waals surface area (Å²) < 4.78 is 31.2. The van der Waals surface area contributed by atoms with E-state index in [9.17, 15) is 0 Å². The Morgan fingerprint density at radius 2 is 0.943 bits per heavy atom. The Labute approximate surface area is 315 Å². The van der Waals surface area contributed by atoms with E-state index in [1.165, 1.54) is 33.4 Å². The molecule has 0 aliphatic heterocycles. The van der Waals surface area contributed by atoms with E-state index in [0.29, 0.717) is 23.0 Å². The van der Waals surface area contributed by atoms with Crippen molar-refractivity contribution < 1.29 is 8.78 Å². The maximum absolute atomic E-state index is 15.6. The summed E-state index contributed by atoms with van der Waals surface area (Å²) in [5, 5.41) is 0. The summed E-state index contributed by atoms with van der Waals surface area (Å²) in [6.07, 6.45) is 24.5. The molecule has 0 spiro atoms. The Morgan fingerprint density at radius 3 is 1.34 bits per heavy atom. The second kappa shape index (κ2) is 15.5. The van der Waals surface area contributed by atoms with Crippen molar-refractivity contribution in [1.29, 1.82) is 0 Å². The van der Waals surface area contributed by atoms with Crippen LogP contribution in [0.3, 0.4) is 0 Å². The molecule has 0 amide bonds. The van der Waals surface area contributed by atoms with Crippen LogP contribution in [-0.4, -0.2) is 9.52 Å². The van der Waals surface area contributed by atoms with Crippen molar-refractivity contribution in [3.63, 3.8) is 0 Å². The van der Waals surface area contributed by atoms with Gasteiger partial charge in [-0.2, -0.15) is 0 Å². The van der Waals surface area contributed by atoms with Crippen molar-refractivity contribution >= 4 is 9.52 Å². The van der Waals surface area contributed by atoms with E-state index in [2.05, 4.69) is 86.7 Å². The topological polar surface area (TPSA) is 0 Å². The summed E-state index contributed by atoms with van der Waals surface area (Å²) in [6, 6.07) is 33.3. The van der Waals surface area contributed by atoms with Gasteiger partial charge < -0.3 is 0 Å². The average molecular weight is 711 g/mol. The third-order valence-corrected chi connectivity index (χ3v) is 12.8. The first-order chi connectivity index (χ1) is 26.0. The number of rotatable bonds is 10. The molecule has 0 heterocycles. The quantitative estimate of drug-likeness (QED) is 0.144. The monoisotopic (exact) mass is 710 g/mol. The van der Waals surface area contributed by atoms with Gasteiger partial charge in [0.15, 0.2) is 0 Å². The van der Waals surface area contributed by atoms with E-state index >= 15 is 8.78 Å². The number of allylic oxidation sites excluding steroid dienone is 16. The van der Waals surface area contributed by atoms with Gasteiger partial charge in [0.2, 0.25) is 0 Å². The Morgan fingerprint density at radius 1 is 0.509 bits per heavy atom. The third kappa shape index (κ3) is 6.91. The Balaban J connectivity index is 1.02. The first-order valence-electron chi connectivity index (χ1n) is 19.0. The lowest BCUT2D eigenvalue weighted by Crippen LogP contribution is -2.12. The fourth-order valence-electron chi connectivity index (χ4n) is 8.69. The van der Waals surface area contributed by atoms with Crippen LogP contribution >= 0.6 is 0 Å². The fourth-order valence-corrected chi connectivity index (χ4v) is 10.4. The van der Waals surface area contributed by atoms with E-state index in [-0.39, 0.29) is 23.5 Å². The predicted molar refractivity (Wildman–Crippen MR) is 219 cm³/mol. The second-order valence-electron chi connectivity index (χ2n) is 14.4. The van der Waals surface area contributed by atoms with Crippen LogP contribution in [0.15, 0.2) is 191 Å². The van der Waals surface area contributed by atoms with E-state index in [0.717, 1.165) is 56.7 Å². The largest absolute Gasteiger partial charge is 0.206 e. The molecule has 4 unspecified atom stereocenters. The van der Waals surface area contributed by atoms with Crippen LogP contribution in [0.1, 0.15) is 49.7 Å². The molecule has 4 aliphatic rings. The lowest BCUT2D eigenvalue weighted by atomic mass is 9.87. The highest BCUT2D eigenvalue weighted by Crippen LogP contribution is 2.47. The van der Waals surface area contributed by atoms with Crippen LogP contribution in [0.5, 0.6) is 0 Å². The maximum atomic E-state index is 15.6.